The molecule has 8 nitrogen and oxygen atoms in total. The zero-order valence-electron chi connectivity index (χ0n) is 9.94. The summed E-state index contributed by atoms with van der Waals surface area (Å²) in [7, 11) is -1.43. The highest BCUT2D eigenvalue weighted by Gasteiger charge is 2.19. The van der Waals surface area contributed by atoms with Gasteiger partial charge in [0, 0.05) is 25.1 Å². The maximum atomic E-state index is 11.1. The first kappa shape index (κ1) is 12.7. The number of sulfone groups is 1. The molecule has 0 fully saturated rings. The van der Waals surface area contributed by atoms with E-state index in [1.54, 1.807) is 24.1 Å². The van der Waals surface area contributed by atoms with E-state index in [1.807, 2.05) is 0 Å². The van der Waals surface area contributed by atoms with Crippen molar-refractivity contribution in [3.63, 3.8) is 0 Å². The first-order valence-corrected chi connectivity index (χ1v) is 7.15. The van der Waals surface area contributed by atoms with Crippen LogP contribution in [-0.2, 0) is 22.6 Å². The van der Waals surface area contributed by atoms with E-state index in [9.17, 15) is 8.42 Å². The number of aryl methyl sites for hydroxylation is 1. The molecule has 2 aromatic heterocycles. The Morgan fingerprint density at radius 2 is 2.28 bits per heavy atom. The van der Waals surface area contributed by atoms with Gasteiger partial charge in [-0.3, -0.25) is 4.68 Å². The second kappa shape index (κ2) is 4.50. The summed E-state index contributed by atoms with van der Waals surface area (Å²) in [4.78, 5) is 3.96. The quantitative estimate of drug-likeness (QED) is 0.788. The molecule has 2 rings (SSSR count). The van der Waals surface area contributed by atoms with Crippen molar-refractivity contribution in [3.05, 3.63) is 29.7 Å². The lowest BCUT2D eigenvalue weighted by molar-refractivity contribution is 0.363. The first-order chi connectivity index (χ1) is 8.35. The second-order valence-corrected chi connectivity index (χ2v) is 6.18. The minimum atomic E-state index is -3.19. The van der Waals surface area contributed by atoms with Crippen molar-refractivity contribution in [3.8, 4) is 0 Å². The third kappa shape index (κ3) is 2.93. The molecule has 0 aliphatic carbocycles. The molecule has 0 saturated carbocycles. The van der Waals surface area contributed by atoms with Crippen LogP contribution in [0, 0.1) is 0 Å². The van der Waals surface area contributed by atoms with Crippen molar-refractivity contribution < 1.29 is 12.9 Å². The van der Waals surface area contributed by atoms with Crippen LogP contribution in [0.4, 0.5) is 0 Å². The van der Waals surface area contributed by atoms with Gasteiger partial charge in [0.15, 0.2) is 15.7 Å². The van der Waals surface area contributed by atoms with Gasteiger partial charge in [-0.15, -0.1) is 0 Å². The highest BCUT2D eigenvalue weighted by atomic mass is 32.2. The number of rotatable bonds is 4. The summed E-state index contributed by atoms with van der Waals surface area (Å²) < 4.78 is 28.7. The molecule has 0 bridgehead atoms. The molecule has 2 aromatic rings. The van der Waals surface area contributed by atoms with Crippen molar-refractivity contribution in [1.29, 1.82) is 0 Å². The molecule has 98 valence electrons. The van der Waals surface area contributed by atoms with Gasteiger partial charge in [-0.25, -0.2) is 8.42 Å². The molecule has 0 spiro atoms. The summed E-state index contributed by atoms with van der Waals surface area (Å²) in [5.41, 5.74) is 6.62. The third-order valence-corrected chi connectivity index (χ3v) is 3.01. The van der Waals surface area contributed by atoms with Crippen LogP contribution in [0.3, 0.4) is 0 Å². The van der Waals surface area contributed by atoms with Crippen molar-refractivity contribution in [2.75, 3.05) is 6.26 Å². The maximum Gasteiger partial charge on any atom is 0.248 e. The van der Waals surface area contributed by atoms with Crippen molar-refractivity contribution in [2.24, 2.45) is 12.8 Å². The fourth-order valence-electron chi connectivity index (χ4n) is 1.43. The predicted molar refractivity (Wildman–Crippen MR) is 62.1 cm³/mol. The molecule has 1 unspecified atom stereocenters. The van der Waals surface area contributed by atoms with Crippen LogP contribution in [0.1, 0.15) is 23.3 Å². The zero-order valence-corrected chi connectivity index (χ0v) is 10.8. The predicted octanol–water partition coefficient (Wildman–Crippen LogP) is -0.604. The van der Waals surface area contributed by atoms with E-state index >= 15 is 0 Å². The SMILES string of the molecule is Cn1cc(C(N)c2nc(CS(C)(=O)=O)no2)cn1. The van der Waals surface area contributed by atoms with E-state index in [4.69, 9.17) is 10.3 Å². The van der Waals surface area contributed by atoms with E-state index in [1.165, 1.54) is 0 Å². The summed E-state index contributed by atoms with van der Waals surface area (Å²) in [6.45, 7) is 0. The van der Waals surface area contributed by atoms with Gasteiger partial charge in [0.1, 0.15) is 11.8 Å². The number of hydrogen-bond donors (Lipinski definition) is 1. The molecule has 0 aliphatic rings. The lowest BCUT2D eigenvalue weighted by atomic mass is 10.2. The Morgan fingerprint density at radius 1 is 1.56 bits per heavy atom. The standard InChI is InChI=1S/C9H13N5O3S/c1-14-4-6(3-11-14)8(10)9-12-7(13-17-9)5-18(2,15)16/h3-4,8H,5,10H2,1-2H3. The number of aromatic nitrogens is 4. The third-order valence-electron chi connectivity index (χ3n) is 2.23. The van der Waals surface area contributed by atoms with E-state index < -0.39 is 15.9 Å². The molecule has 2 heterocycles. The average molecular weight is 271 g/mol. The number of nitrogens with zero attached hydrogens (tertiary/aromatic N) is 4. The van der Waals surface area contributed by atoms with Crippen LogP contribution in [0.5, 0.6) is 0 Å². The lowest BCUT2D eigenvalue weighted by Gasteiger charge is -2.01. The molecule has 2 N–H and O–H groups in total. The smallest absolute Gasteiger partial charge is 0.248 e. The highest BCUT2D eigenvalue weighted by molar-refractivity contribution is 7.89. The Bertz CT molecular complexity index is 645. The molecule has 0 aliphatic heterocycles. The molecule has 1 atom stereocenters. The summed E-state index contributed by atoms with van der Waals surface area (Å²) in [6, 6.07) is -0.612. The van der Waals surface area contributed by atoms with Crippen LogP contribution in [-0.4, -0.2) is 34.6 Å². The number of nitrogens with two attached hydrogens (primary N) is 1. The Hall–Kier alpha value is -1.74. The van der Waals surface area contributed by atoms with E-state index in [-0.39, 0.29) is 17.5 Å². The molecule has 0 amide bonds. The van der Waals surface area contributed by atoms with Crippen molar-refractivity contribution in [2.45, 2.75) is 11.8 Å². The van der Waals surface area contributed by atoms with E-state index in [0.717, 1.165) is 6.26 Å². The van der Waals surface area contributed by atoms with Gasteiger partial charge >= 0.3 is 0 Å². The van der Waals surface area contributed by atoms with Crippen LogP contribution >= 0.6 is 0 Å². The molecule has 0 saturated heterocycles. The zero-order chi connectivity index (χ0) is 13.3. The van der Waals surface area contributed by atoms with Crippen LogP contribution < -0.4 is 5.73 Å². The van der Waals surface area contributed by atoms with Crippen LogP contribution in [0.2, 0.25) is 0 Å². The number of hydrogen-bond acceptors (Lipinski definition) is 7. The molecule has 0 radical (unpaired) electrons. The van der Waals surface area contributed by atoms with E-state index in [0.29, 0.717) is 5.56 Å². The van der Waals surface area contributed by atoms with Crippen molar-refractivity contribution in [1.82, 2.24) is 19.9 Å². The van der Waals surface area contributed by atoms with Crippen molar-refractivity contribution >= 4 is 9.84 Å². The lowest BCUT2D eigenvalue weighted by Crippen LogP contribution is -2.12. The minimum absolute atomic E-state index is 0.104. The summed E-state index contributed by atoms with van der Waals surface area (Å²) in [5.74, 6) is 0.00415. The molecular weight excluding hydrogens is 258 g/mol. The fraction of sp³-hybridized carbons (Fsp3) is 0.444. The molecule has 18 heavy (non-hydrogen) atoms. The van der Waals surface area contributed by atoms with Gasteiger partial charge in [0.05, 0.1) is 6.20 Å². The second-order valence-electron chi connectivity index (χ2n) is 4.04. The summed E-state index contributed by atoms with van der Waals surface area (Å²) >= 11 is 0. The maximum absolute atomic E-state index is 11.1. The van der Waals surface area contributed by atoms with Gasteiger partial charge in [-0.05, 0) is 0 Å². The molecule has 0 aromatic carbocycles. The fourth-order valence-corrected chi connectivity index (χ4v) is 2.02. The van der Waals surface area contributed by atoms with Gasteiger partial charge in [-0.1, -0.05) is 5.16 Å². The summed E-state index contributed by atoms with van der Waals surface area (Å²) in [6.07, 6.45) is 4.42. The molecular formula is C9H13N5O3S. The van der Waals surface area contributed by atoms with Gasteiger partial charge in [0.25, 0.3) is 0 Å². The minimum Gasteiger partial charge on any atom is -0.337 e. The highest BCUT2D eigenvalue weighted by Crippen LogP contribution is 2.17. The largest absolute Gasteiger partial charge is 0.337 e. The average Bonchev–Trinajstić information content (AvgIpc) is 2.84. The van der Waals surface area contributed by atoms with Crippen LogP contribution in [0.15, 0.2) is 16.9 Å². The Labute approximate surface area is 104 Å². The Morgan fingerprint density at radius 3 is 2.83 bits per heavy atom. The monoisotopic (exact) mass is 271 g/mol. The van der Waals surface area contributed by atoms with Crippen LogP contribution in [0.25, 0.3) is 0 Å². The van der Waals surface area contributed by atoms with Gasteiger partial charge < -0.3 is 10.3 Å². The summed E-state index contributed by atoms with van der Waals surface area (Å²) in [5, 5.41) is 7.56. The Balaban J connectivity index is 2.20. The van der Waals surface area contributed by atoms with Gasteiger partial charge in [0.2, 0.25) is 5.89 Å². The van der Waals surface area contributed by atoms with Gasteiger partial charge in [-0.2, -0.15) is 10.1 Å². The normalized spacial score (nSPS) is 13.7. The topological polar surface area (TPSA) is 117 Å². The first-order valence-electron chi connectivity index (χ1n) is 5.09. The molecule has 9 heteroatoms. The Kier molecular flexibility index (Phi) is 3.18. The van der Waals surface area contributed by atoms with E-state index in [2.05, 4.69) is 15.2 Å².